The van der Waals surface area contributed by atoms with Crippen LogP contribution in [0.1, 0.15) is 15.9 Å². The SMILES string of the molecule is NC(=O)[C@@H](Cc1cccc(F)c1)NC(=O)c1ccc2nc(-c3ccncc3)[nH]c2c1. The third kappa shape index (κ3) is 4.17. The summed E-state index contributed by atoms with van der Waals surface area (Å²) >= 11 is 0. The molecule has 2 aromatic heterocycles. The predicted octanol–water partition coefficient (Wildman–Crippen LogP) is 2.59. The molecule has 0 spiro atoms. The number of primary amides is 1. The summed E-state index contributed by atoms with van der Waals surface area (Å²) in [6.45, 7) is 0. The predicted molar refractivity (Wildman–Crippen MR) is 110 cm³/mol. The summed E-state index contributed by atoms with van der Waals surface area (Å²) in [5.74, 6) is -0.921. The van der Waals surface area contributed by atoms with Crippen molar-refractivity contribution in [1.29, 1.82) is 0 Å². The number of hydrogen-bond acceptors (Lipinski definition) is 4. The fourth-order valence-electron chi connectivity index (χ4n) is 3.16. The van der Waals surface area contributed by atoms with Crippen molar-refractivity contribution in [2.45, 2.75) is 12.5 Å². The standard InChI is InChI=1S/C22H18FN5O2/c23-16-3-1-2-13(10-16)11-19(20(24)29)28-22(30)15-4-5-17-18(12-15)27-21(26-17)14-6-8-25-9-7-14/h1-10,12,19H,11H2,(H2,24,29)(H,26,27)(H,28,30)/t19-/m1/s1. The molecule has 0 aliphatic rings. The molecule has 0 fully saturated rings. The Morgan fingerprint density at radius 3 is 2.63 bits per heavy atom. The quantitative estimate of drug-likeness (QED) is 0.459. The number of aromatic nitrogens is 3. The smallest absolute Gasteiger partial charge is 0.252 e. The Balaban J connectivity index is 1.54. The Morgan fingerprint density at radius 1 is 1.10 bits per heavy atom. The van der Waals surface area contributed by atoms with Crippen LogP contribution < -0.4 is 11.1 Å². The summed E-state index contributed by atoms with van der Waals surface area (Å²) in [7, 11) is 0. The van der Waals surface area contributed by atoms with Crippen molar-refractivity contribution in [3.05, 3.63) is 83.9 Å². The highest BCUT2D eigenvalue weighted by Gasteiger charge is 2.20. The number of fused-ring (bicyclic) bond motifs is 1. The van der Waals surface area contributed by atoms with Crippen LogP contribution in [0.3, 0.4) is 0 Å². The van der Waals surface area contributed by atoms with Crippen molar-refractivity contribution in [2.75, 3.05) is 0 Å². The summed E-state index contributed by atoms with van der Waals surface area (Å²) in [5.41, 5.74) is 8.59. The Kier molecular flexibility index (Phi) is 5.21. The van der Waals surface area contributed by atoms with Crippen LogP contribution in [0.5, 0.6) is 0 Å². The number of amides is 2. The molecular weight excluding hydrogens is 385 g/mol. The highest BCUT2D eigenvalue weighted by atomic mass is 19.1. The van der Waals surface area contributed by atoms with Gasteiger partial charge in [-0.05, 0) is 48.0 Å². The third-order valence-corrected chi connectivity index (χ3v) is 4.68. The van der Waals surface area contributed by atoms with E-state index < -0.39 is 23.7 Å². The molecule has 1 atom stereocenters. The topological polar surface area (TPSA) is 114 Å². The largest absolute Gasteiger partial charge is 0.368 e. The maximum atomic E-state index is 13.4. The van der Waals surface area contributed by atoms with Crippen molar-refractivity contribution in [3.8, 4) is 11.4 Å². The van der Waals surface area contributed by atoms with Crippen LogP contribution in [0.25, 0.3) is 22.4 Å². The average Bonchev–Trinajstić information content (AvgIpc) is 3.17. The number of pyridine rings is 1. The Morgan fingerprint density at radius 2 is 1.90 bits per heavy atom. The van der Waals surface area contributed by atoms with E-state index in [2.05, 4.69) is 20.3 Å². The minimum atomic E-state index is -0.968. The molecule has 0 unspecified atom stereocenters. The normalized spacial score (nSPS) is 11.9. The Hall–Kier alpha value is -4.07. The van der Waals surface area contributed by atoms with Crippen LogP contribution in [0, 0.1) is 5.82 Å². The number of hydrogen-bond donors (Lipinski definition) is 3. The zero-order valence-corrected chi connectivity index (χ0v) is 15.8. The number of halogens is 1. The fraction of sp³-hybridized carbons (Fsp3) is 0.0909. The van der Waals surface area contributed by atoms with Crippen LogP contribution in [0.15, 0.2) is 67.0 Å². The highest BCUT2D eigenvalue weighted by molar-refractivity contribution is 6.00. The van der Waals surface area contributed by atoms with E-state index in [-0.39, 0.29) is 6.42 Å². The minimum Gasteiger partial charge on any atom is -0.368 e. The van der Waals surface area contributed by atoms with Crippen molar-refractivity contribution in [2.24, 2.45) is 5.73 Å². The number of nitrogens with zero attached hydrogens (tertiary/aromatic N) is 2. The minimum absolute atomic E-state index is 0.0946. The van der Waals surface area contributed by atoms with Crippen LogP contribution in [-0.4, -0.2) is 32.8 Å². The lowest BCUT2D eigenvalue weighted by Crippen LogP contribution is -2.45. The first-order valence-corrected chi connectivity index (χ1v) is 9.24. The molecule has 0 radical (unpaired) electrons. The molecule has 30 heavy (non-hydrogen) atoms. The van der Waals surface area contributed by atoms with E-state index in [0.29, 0.717) is 28.0 Å². The van der Waals surface area contributed by atoms with Gasteiger partial charge in [-0.15, -0.1) is 0 Å². The first-order chi connectivity index (χ1) is 14.5. The average molecular weight is 403 g/mol. The molecule has 4 rings (SSSR count). The van der Waals surface area contributed by atoms with Crippen LogP contribution in [0.4, 0.5) is 4.39 Å². The van der Waals surface area contributed by atoms with Gasteiger partial charge in [0.05, 0.1) is 11.0 Å². The van der Waals surface area contributed by atoms with Gasteiger partial charge < -0.3 is 16.0 Å². The lowest BCUT2D eigenvalue weighted by atomic mass is 10.0. The number of nitrogens with one attached hydrogen (secondary N) is 2. The number of carbonyl (C=O) groups is 2. The number of carbonyl (C=O) groups excluding carboxylic acids is 2. The van der Waals surface area contributed by atoms with Crippen LogP contribution in [0.2, 0.25) is 0 Å². The van der Waals surface area contributed by atoms with Gasteiger partial charge in [-0.3, -0.25) is 14.6 Å². The molecule has 0 saturated heterocycles. The van der Waals surface area contributed by atoms with E-state index in [4.69, 9.17) is 5.73 Å². The highest BCUT2D eigenvalue weighted by Crippen LogP contribution is 2.21. The number of H-pyrrole nitrogens is 1. The van der Waals surface area contributed by atoms with Crippen LogP contribution >= 0.6 is 0 Å². The van der Waals surface area contributed by atoms with E-state index >= 15 is 0 Å². The van der Waals surface area contributed by atoms with E-state index in [0.717, 1.165) is 5.56 Å². The molecule has 0 bridgehead atoms. The molecule has 0 aliphatic heterocycles. The van der Waals surface area contributed by atoms with Crippen molar-refractivity contribution >= 4 is 22.8 Å². The van der Waals surface area contributed by atoms with E-state index in [1.165, 1.54) is 18.2 Å². The second-order valence-corrected chi connectivity index (χ2v) is 6.82. The van der Waals surface area contributed by atoms with Crippen LogP contribution in [-0.2, 0) is 11.2 Å². The van der Waals surface area contributed by atoms with Gasteiger partial charge >= 0.3 is 0 Å². The monoisotopic (exact) mass is 403 g/mol. The maximum absolute atomic E-state index is 13.4. The van der Waals surface area contributed by atoms with E-state index in [9.17, 15) is 14.0 Å². The van der Waals surface area contributed by atoms with Gasteiger partial charge in [0, 0.05) is 29.9 Å². The molecule has 2 amide bonds. The summed E-state index contributed by atoms with van der Waals surface area (Å²) in [5, 5.41) is 2.63. The summed E-state index contributed by atoms with van der Waals surface area (Å²) < 4.78 is 13.4. The summed E-state index contributed by atoms with van der Waals surface area (Å²) in [6, 6.07) is 13.5. The van der Waals surface area contributed by atoms with Gasteiger partial charge in [-0.2, -0.15) is 0 Å². The molecule has 0 aliphatic carbocycles. The molecule has 150 valence electrons. The summed E-state index contributed by atoms with van der Waals surface area (Å²) in [6.07, 6.45) is 3.44. The van der Waals surface area contributed by atoms with Crippen molar-refractivity contribution in [3.63, 3.8) is 0 Å². The maximum Gasteiger partial charge on any atom is 0.252 e. The fourth-order valence-corrected chi connectivity index (χ4v) is 3.16. The van der Waals surface area contributed by atoms with Crippen molar-refractivity contribution in [1.82, 2.24) is 20.3 Å². The number of aromatic amines is 1. The zero-order chi connectivity index (χ0) is 21.1. The molecule has 4 aromatic rings. The van der Waals surface area contributed by atoms with E-state index in [1.54, 1.807) is 36.7 Å². The van der Waals surface area contributed by atoms with Gasteiger partial charge in [0.1, 0.15) is 17.7 Å². The second-order valence-electron chi connectivity index (χ2n) is 6.82. The molecule has 0 saturated carbocycles. The zero-order valence-electron chi connectivity index (χ0n) is 15.8. The van der Waals surface area contributed by atoms with Gasteiger partial charge in [0.2, 0.25) is 5.91 Å². The van der Waals surface area contributed by atoms with Gasteiger partial charge in [-0.1, -0.05) is 12.1 Å². The number of rotatable bonds is 6. The van der Waals surface area contributed by atoms with Gasteiger partial charge in [0.25, 0.3) is 5.91 Å². The third-order valence-electron chi connectivity index (χ3n) is 4.68. The first-order valence-electron chi connectivity index (χ1n) is 9.24. The molecule has 2 aromatic carbocycles. The summed E-state index contributed by atoms with van der Waals surface area (Å²) in [4.78, 5) is 36.2. The lowest BCUT2D eigenvalue weighted by molar-refractivity contribution is -0.119. The first kappa shape index (κ1) is 19.3. The van der Waals surface area contributed by atoms with Crippen molar-refractivity contribution < 1.29 is 14.0 Å². The Labute approximate surface area is 171 Å². The van der Waals surface area contributed by atoms with E-state index in [1.807, 2.05) is 12.1 Å². The molecule has 4 N–H and O–H groups in total. The lowest BCUT2D eigenvalue weighted by Gasteiger charge is -2.15. The molecular formula is C22H18FN5O2. The molecule has 7 nitrogen and oxygen atoms in total. The second kappa shape index (κ2) is 8.12. The molecule has 8 heteroatoms. The Bertz CT molecular complexity index is 1220. The van der Waals surface area contributed by atoms with Gasteiger partial charge in [0.15, 0.2) is 0 Å². The number of nitrogens with two attached hydrogens (primary N) is 1. The number of imidazole rings is 1. The van der Waals surface area contributed by atoms with Gasteiger partial charge in [-0.25, -0.2) is 9.37 Å². The number of benzene rings is 2. The molecule has 2 heterocycles.